The number of pyridine rings is 2. The molecule has 1 atom stereocenters. The molecule has 0 amide bonds. The molecule has 12 heteroatoms. The van der Waals surface area contributed by atoms with E-state index in [-0.39, 0.29) is 33.8 Å². The molecule has 3 rings (SSSR count). The SMILES string of the molecule is COC(=O)c1cnc(N[C@@H](C)c2cc3c(=O)n(C)c(C)nc3nc2C(F)(F)F)c(F)c1. The Kier molecular flexibility index (Phi) is 5.66. The summed E-state index contributed by atoms with van der Waals surface area (Å²) in [6, 6.07) is 0.739. The number of rotatable bonds is 4. The van der Waals surface area contributed by atoms with Gasteiger partial charge in [-0.05, 0) is 26.0 Å². The number of fused-ring (bicyclic) bond motifs is 1. The molecule has 0 saturated heterocycles. The highest BCUT2D eigenvalue weighted by Gasteiger charge is 2.37. The van der Waals surface area contributed by atoms with Crippen LogP contribution in [0, 0.1) is 12.7 Å². The lowest BCUT2D eigenvalue weighted by Crippen LogP contribution is -2.24. The Labute approximate surface area is 172 Å². The molecular formula is C19H17F4N5O3. The number of esters is 1. The second kappa shape index (κ2) is 7.93. The van der Waals surface area contributed by atoms with Crippen LogP contribution < -0.4 is 10.9 Å². The Morgan fingerprint density at radius 1 is 1.26 bits per heavy atom. The van der Waals surface area contributed by atoms with Gasteiger partial charge in [-0.1, -0.05) is 0 Å². The number of hydrogen-bond donors (Lipinski definition) is 1. The van der Waals surface area contributed by atoms with Gasteiger partial charge < -0.3 is 10.1 Å². The monoisotopic (exact) mass is 439 g/mol. The number of methoxy groups -OCH3 is 1. The normalized spacial score (nSPS) is 12.6. The third-order valence-electron chi connectivity index (χ3n) is 4.67. The third-order valence-corrected chi connectivity index (χ3v) is 4.67. The first-order valence-corrected chi connectivity index (χ1v) is 8.90. The Morgan fingerprint density at radius 3 is 2.52 bits per heavy atom. The quantitative estimate of drug-likeness (QED) is 0.493. The molecule has 3 aromatic heterocycles. The first-order valence-electron chi connectivity index (χ1n) is 8.90. The van der Waals surface area contributed by atoms with E-state index in [0.717, 1.165) is 25.4 Å². The lowest BCUT2D eigenvalue weighted by molar-refractivity contribution is -0.141. The van der Waals surface area contributed by atoms with Crippen molar-refractivity contribution < 1.29 is 27.1 Å². The Bertz CT molecular complexity index is 1240. The first kappa shape index (κ1) is 22.1. The van der Waals surface area contributed by atoms with Gasteiger partial charge in [0.1, 0.15) is 5.82 Å². The molecule has 3 heterocycles. The highest BCUT2D eigenvalue weighted by molar-refractivity contribution is 5.89. The molecule has 31 heavy (non-hydrogen) atoms. The number of hydrogen-bond acceptors (Lipinski definition) is 7. The molecular weight excluding hydrogens is 422 g/mol. The van der Waals surface area contributed by atoms with Crippen LogP contribution in [0.4, 0.5) is 23.4 Å². The smallest absolute Gasteiger partial charge is 0.433 e. The number of ether oxygens (including phenoxy) is 1. The van der Waals surface area contributed by atoms with Crippen LogP contribution in [-0.4, -0.2) is 32.6 Å². The van der Waals surface area contributed by atoms with Crippen LogP contribution in [0.25, 0.3) is 11.0 Å². The molecule has 0 aliphatic heterocycles. The number of aryl methyl sites for hydroxylation is 1. The molecule has 0 unspecified atom stereocenters. The van der Waals surface area contributed by atoms with Crippen LogP contribution in [0.5, 0.6) is 0 Å². The fourth-order valence-corrected chi connectivity index (χ4v) is 2.93. The van der Waals surface area contributed by atoms with Crippen molar-refractivity contribution in [3.05, 3.63) is 57.1 Å². The van der Waals surface area contributed by atoms with Gasteiger partial charge >= 0.3 is 12.1 Å². The van der Waals surface area contributed by atoms with E-state index in [4.69, 9.17) is 0 Å². The molecule has 0 spiro atoms. The van der Waals surface area contributed by atoms with Gasteiger partial charge in [0.05, 0.1) is 24.1 Å². The maximum absolute atomic E-state index is 14.3. The van der Waals surface area contributed by atoms with E-state index < -0.39 is 35.3 Å². The molecule has 0 aromatic carbocycles. The zero-order valence-electron chi connectivity index (χ0n) is 16.8. The maximum Gasteiger partial charge on any atom is 0.433 e. The summed E-state index contributed by atoms with van der Waals surface area (Å²) < 4.78 is 61.0. The van der Waals surface area contributed by atoms with Crippen molar-refractivity contribution in [3.63, 3.8) is 0 Å². The minimum Gasteiger partial charge on any atom is -0.465 e. The fraction of sp³-hybridized carbons (Fsp3) is 0.316. The van der Waals surface area contributed by atoms with Gasteiger partial charge in [-0.25, -0.2) is 24.1 Å². The molecule has 0 saturated carbocycles. The van der Waals surface area contributed by atoms with Crippen molar-refractivity contribution in [1.82, 2.24) is 19.5 Å². The number of nitrogens with one attached hydrogen (secondary N) is 1. The van der Waals surface area contributed by atoms with Gasteiger partial charge in [-0.2, -0.15) is 13.2 Å². The van der Waals surface area contributed by atoms with Crippen LogP contribution in [0.3, 0.4) is 0 Å². The lowest BCUT2D eigenvalue weighted by atomic mass is 10.0. The van der Waals surface area contributed by atoms with E-state index in [1.165, 1.54) is 25.5 Å². The largest absolute Gasteiger partial charge is 0.465 e. The number of carbonyl (C=O) groups excluding carboxylic acids is 1. The molecule has 0 aliphatic rings. The van der Waals surface area contributed by atoms with Gasteiger partial charge in [0.2, 0.25) is 0 Å². The molecule has 0 bridgehead atoms. The van der Waals surface area contributed by atoms with Gasteiger partial charge in [0, 0.05) is 18.8 Å². The topological polar surface area (TPSA) is 99.0 Å². The number of carbonyl (C=O) groups is 1. The van der Waals surface area contributed by atoms with Crippen molar-refractivity contribution in [3.8, 4) is 0 Å². The summed E-state index contributed by atoms with van der Waals surface area (Å²) >= 11 is 0. The van der Waals surface area contributed by atoms with E-state index in [1.807, 2.05) is 0 Å². The number of halogens is 4. The average Bonchev–Trinajstić information content (AvgIpc) is 2.71. The van der Waals surface area contributed by atoms with Crippen molar-refractivity contribution in [1.29, 1.82) is 0 Å². The Hall–Kier alpha value is -3.57. The average molecular weight is 439 g/mol. The van der Waals surface area contributed by atoms with Crippen LogP contribution in [0.1, 0.15) is 40.4 Å². The molecule has 0 fully saturated rings. The zero-order chi connectivity index (χ0) is 23.1. The fourth-order valence-electron chi connectivity index (χ4n) is 2.93. The standard InChI is InChI=1S/C19H17F4N5O3/c1-8(25-16-13(20)5-10(7-24-16)18(30)31-4)11-6-12-15(27-14(11)19(21,22)23)26-9(2)28(3)17(12)29/h5-8H,1-4H3,(H,24,25)/t8-/m0/s1. The van der Waals surface area contributed by atoms with E-state index in [1.54, 1.807) is 0 Å². The maximum atomic E-state index is 14.3. The summed E-state index contributed by atoms with van der Waals surface area (Å²) in [6.45, 7) is 2.81. The van der Waals surface area contributed by atoms with Crippen molar-refractivity contribution >= 4 is 22.8 Å². The van der Waals surface area contributed by atoms with Crippen molar-refractivity contribution in [2.45, 2.75) is 26.1 Å². The van der Waals surface area contributed by atoms with Crippen molar-refractivity contribution in [2.24, 2.45) is 7.05 Å². The number of nitrogens with zero attached hydrogens (tertiary/aromatic N) is 4. The van der Waals surface area contributed by atoms with Gasteiger partial charge in [-0.3, -0.25) is 9.36 Å². The molecule has 164 valence electrons. The predicted molar refractivity (Wildman–Crippen MR) is 102 cm³/mol. The number of aromatic nitrogens is 4. The van der Waals surface area contributed by atoms with Crippen LogP contribution >= 0.6 is 0 Å². The van der Waals surface area contributed by atoms with Gasteiger partial charge in [0.15, 0.2) is 23.0 Å². The third kappa shape index (κ3) is 4.18. The van der Waals surface area contributed by atoms with Gasteiger partial charge in [-0.15, -0.1) is 0 Å². The van der Waals surface area contributed by atoms with Crippen molar-refractivity contribution in [2.75, 3.05) is 12.4 Å². The lowest BCUT2D eigenvalue weighted by Gasteiger charge is -2.20. The Morgan fingerprint density at radius 2 is 1.94 bits per heavy atom. The van der Waals surface area contributed by atoms with Crippen LogP contribution in [0.2, 0.25) is 0 Å². The second-order valence-corrected chi connectivity index (χ2v) is 6.73. The summed E-state index contributed by atoms with van der Waals surface area (Å²) in [4.78, 5) is 35.2. The minimum atomic E-state index is -4.85. The molecule has 1 N–H and O–H groups in total. The highest BCUT2D eigenvalue weighted by Crippen LogP contribution is 2.35. The Balaban J connectivity index is 2.10. The van der Waals surface area contributed by atoms with Crippen LogP contribution in [-0.2, 0) is 18.0 Å². The molecule has 0 aliphatic carbocycles. The zero-order valence-corrected chi connectivity index (χ0v) is 16.8. The van der Waals surface area contributed by atoms with E-state index in [9.17, 15) is 27.2 Å². The van der Waals surface area contributed by atoms with E-state index in [2.05, 4.69) is 25.0 Å². The first-order chi connectivity index (χ1) is 14.4. The van der Waals surface area contributed by atoms with E-state index in [0.29, 0.717) is 0 Å². The predicted octanol–water partition coefficient (Wildman–Crippen LogP) is 3.15. The summed E-state index contributed by atoms with van der Waals surface area (Å²) in [5.41, 5.74) is -2.71. The molecule has 0 radical (unpaired) electrons. The van der Waals surface area contributed by atoms with Gasteiger partial charge in [0.25, 0.3) is 5.56 Å². The number of alkyl halides is 3. The molecule has 3 aromatic rings. The minimum absolute atomic E-state index is 0.112. The highest BCUT2D eigenvalue weighted by atomic mass is 19.4. The second-order valence-electron chi connectivity index (χ2n) is 6.73. The summed E-state index contributed by atoms with van der Waals surface area (Å²) in [7, 11) is 2.55. The molecule has 8 nitrogen and oxygen atoms in total. The van der Waals surface area contributed by atoms with Crippen LogP contribution in [0.15, 0.2) is 23.1 Å². The summed E-state index contributed by atoms with van der Waals surface area (Å²) in [5.74, 6) is -1.97. The summed E-state index contributed by atoms with van der Waals surface area (Å²) in [6.07, 6.45) is -3.83. The summed E-state index contributed by atoms with van der Waals surface area (Å²) in [5, 5.41) is 2.41. The van der Waals surface area contributed by atoms with E-state index >= 15 is 0 Å². The number of anilines is 1.